The van der Waals surface area contributed by atoms with Crippen molar-refractivity contribution in [2.24, 2.45) is 17.0 Å². The Morgan fingerprint density at radius 2 is 2.07 bits per heavy atom. The van der Waals surface area contributed by atoms with Crippen LogP contribution in [0, 0.1) is 11.8 Å². The monoisotopic (exact) mass is 199 g/mol. The smallest absolute Gasteiger partial charge is 0.163 e. The second-order valence-corrected chi connectivity index (χ2v) is 3.89. The fourth-order valence-corrected chi connectivity index (χ4v) is 1.98. The van der Waals surface area contributed by atoms with Gasteiger partial charge in [0.15, 0.2) is 6.29 Å². The molecule has 0 saturated carbocycles. The Balaban J connectivity index is 2.78. The predicted molar refractivity (Wildman–Crippen MR) is 52.4 cm³/mol. The minimum Gasteiger partial charge on any atom is -0.368 e. The number of hydrogen-bond donors (Lipinski definition) is 1. The molecule has 0 spiro atoms. The average molecular weight is 199 g/mol. The van der Waals surface area contributed by atoms with Crippen molar-refractivity contribution in [3.63, 3.8) is 0 Å². The molecule has 5 atom stereocenters. The van der Waals surface area contributed by atoms with Crippen LogP contribution < -0.4 is 0 Å². The van der Waals surface area contributed by atoms with Gasteiger partial charge in [0, 0.05) is 4.91 Å². The Morgan fingerprint density at radius 1 is 1.43 bits per heavy atom. The molecule has 0 bridgehead atoms. The summed E-state index contributed by atoms with van der Waals surface area (Å²) in [4.78, 5) is 2.73. The van der Waals surface area contributed by atoms with E-state index in [0.29, 0.717) is 5.92 Å². The molecule has 1 N–H and O–H groups in total. The van der Waals surface area contributed by atoms with Crippen LogP contribution in [-0.2, 0) is 4.74 Å². The molecule has 1 heterocycles. The third-order valence-corrected chi connectivity index (χ3v) is 3.15. The fourth-order valence-electron chi connectivity index (χ4n) is 1.98. The summed E-state index contributed by atoms with van der Waals surface area (Å²) < 4.78 is 5.37. The van der Waals surface area contributed by atoms with E-state index in [2.05, 4.69) is 16.9 Å². The van der Waals surface area contributed by atoms with Crippen LogP contribution in [0.25, 0.3) is 10.4 Å². The van der Waals surface area contributed by atoms with Crippen molar-refractivity contribution in [1.82, 2.24) is 0 Å². The van der Waals surface area contributed by atoms with Gasteiger partial charge in [0.05, 0.1) is 12.1 Å². The summed E-state index contributed by atoms with van der Waals surface area (Å²) in [5.41, 5.74) is 8.36. The quantitative estimate of drug-likeness (QED) is 0.419. The third-order valence-electron chi connectivity index (χ3n) is 3.15. The molecule has 1 saturated heterocycles. The van der Waals surface area contributed by atoms with Crippen LogP contribution in [0.15, 0.2) is 5.11 Å². The first-order chi connectivity index (χ1) is 6.61. The van der Waals surface area contributed by atoms with Crippen molar-refractivity contribution in [2.45, 2.75) is 45.6 Å². The van der Waals surface area contributed by atoms with Crippen molar-refractivity contribution >= 4 is 0 Å². The molecule has 5 nitrogen and oxygen atoms in total. The number of rotatable bonds is 2. The van der Waals surface area contributed by atoms with Crippen molar-refractivity contribution in [2.75, 3.05) is 0 Å². The molecule has 14 heavy (non-hydrogen) atoms. The number of aliphatic hydroxyl groups excluding tert-OH is 1. The van der Waals surface area contributed by atoms with E-state index < -0.39 is 12.3 Å². The zero-order valence-corrected chi connectivity index (χ0v) is 8.79. The molecule has 5 heteroatoms. The van der Waals surface area contributed by atoms with Gasteiger partial charge >= 0.3 is 0 Å². The van der Waals surface area contributed by atoms with E-state index in [1.807, 2.05) is 13.8 Å². The Bertz CT molecular complexity index is 240. The minimum absolute atomic E-state index is 0.0603. The van der Waals surface area contributed by atoms with Crippen LogP contribution in [0.5, 0.6) is 0 Å². The fraction of sp³-hybridized carbons (Fsp3) is 1.00. The van der Waals surface area contributed by atoms with E-state index in [9.17, 15) is 5.11 Å². The number of azide groups is 1. The van der Waals surface area contributed by atoms with Crippen LogP contribution in [0.3, 0.4) is 0 Å². The van der Waals surface area contributed by atoms with Crippen molar-refractivity contribution in [1.29, 1.82) is 0 Å². The second kappa shape index (κ2) is 4.64. The third kappa shape index (κ3) is 2.00. The summed E-state index contributed by atoms with van der Waals surface area (Å²) in [7, 11) is 0. The largest absolute Gasteiger partial charge is 0.368 e. The van der Waals surface area contributed by atoms with E-state index in [0.717, 1.165) is 6.42 Å². The van der Waals surface area contributed by atoms with Gasteiger partial charge in [-0.05, 0) is 23.8 Å². The lowest BCUT2D eigenvalue weighted by atomic mass is 9.81. The molecule has 1 aliphatic heterocycles. The molecular formula is C9H17N3O2. The van der Waals surface area contributed by atoms with Crippen LogP contribution in [0.1, 0.15) is 27.2 Å². The van der Waals surface area contributed by atoms with Crippen molar-refractivity contribution < 1.29 is 9.84 Å². The number of aliphatic hydroxyl groups is 1. The first kappa shape index (κ1) is 11.3. The molecule has 80 valence electrons. The van der Waals surface area contributed by atoms with E-state index in [-0.39, 0.29) is 12.0 Å². The maximum atomic E-state index is 9.60. The van der Waals surface area contributed by atoms with Gasteiger partial charge in [-0.2, -0.15) is 0 Å². The summed E-state index contributed by atoms with van der Waals surface area (Å²) in [6, 6.07) is -0.460. The van der Waals surface area contributed by atoms with Gasteiger partial charge in [0.1, 0.15) is 0 Å². The van der Waals surface area contributed by atoms with Gasteiger partial charge in [-0.25, -0.2) is 0 Å². The maximum Gasteiger partial charge on any atom is 0.163 e. The zero-order chi connectivity index (χ0) is 10.7. The lowest BCUT2D eigenvalue weighted by Crippen LogP contribution is -2.47. The Kier molecular flexibility index (Phi) is 3.75. The van der Waals surface area contributed by atoms with Crippen molar-refractivity contribution in [3.8, 4) is 0 Å². The number of ether oxygens (including phenoxy) is 1. The highest BCUT2D eigenvalue weighted by molar-refractivity contribution is 4.88. The maximum absolute atomic E-state index is 9.60. The molecule has 0 aliphatic carbocycles. The summed E-state index contributed by atoms with van der Waals surface area (Å²) in [6.07, 6.45) is -0.0295. The minimum atomic E-state index is -0.956. The highest BCUT2D eigenvalue weighted by Crippen LogP contribution is 2.33. The molecule has 1 aliphatic rings. The van der Waals surface area contributed by atoms with Gasteiger partial charge in [-0.3, -0.25) is 0 Å². The predicted octanol–water partition coefficient (Wildman–Crippen LogP) is 2.06. The van der Waals surface area contributed by atoms with Crippen LogP contribution in [0.2, 0.25) is 0 Å². The van der Waals surface area contributed by atoms with Crippen LogP contribution in [-0.4, -0.2) is 23.5 Å². The topological polar surface area (TPSA) is 78.2 Å². The van der Waals surface area contributed by atoms with E-state index in [4.69, 9.17) is 10.3 Å². The first-order valence-electron chi connectivity index (χ1n) is 4.99. The highest BCUT2D eigenvalue weighted by Gasteiger charge is 2.39. The first-order valence-corrected chi connectivity index (χ1v) is 4.99. The van der Waals surface area contributed by atoms with Crippen LogP contribution in [0.4, 0.5) is 0 Å². The van der Waals surface area contributed by atoms with Crippen molar-refractivity contribution in [3.05, 3.63) is 10.4 Å². The lowest BCUT2D eigenvalue weighted by molar-refractivity contribution is -0.205. The van der Waals surface area contributed by atoms with E-state index in [1.54, 1.807) is 0 Å². The molecular weight excluding hydrogens is 182 g/mol. The Hall–Kier alpha value is -0.770. The average Bonchev–Trinajstić information content (AvgIpc) is 2.18. The van der Waals surface area contributed by atoms with E-state index >= 15 is 0 Å². The normalized spacial score (nSPS) is 43.0. The Labute approximate surface area is 83.7 Å². The molecule has 0 radical (unpaired) electrons. The highest BCUT2D eigenvalue weighted by atomic mass is 16.6. The Morgan fingerprint density at radius 3 is 2.57 bits per heavy atom. The standard InChI is InChI=1S/C9H17N3O2/c1-4-7-5(2)6(3)8(11-12-10)9(13)14-7/h5-9,13H,4H2,1-3H3/t5-,6-,7-,8?,9+/m0/s1. The second-order valence-electron chi connectivity index (χ2n) is 3.89. The van der Waals surface area contributed by atoms with Crippen LogP contribution >= 0.6 is 0 Å². The molecule has 1 rings (SSSR count). The van der Waals surface area contributed by atoms with Gasteiger partial charge < -0.3 is 9.84 Å². The summed E-state index contributed by atoms with van der Waals surface area (Å²) in [5.74, 6) is 0.457. The van der Waals surface area contributed by atoms with Gasteiger partial charge in [-0.1, -0.05) is 25.9 Å². The molecule has 0 aromatic heterocycles. The molecule has 1 fully saturated rings. The van der Waals surface area contributed by atoms with Gasteiger partial charge in [0.2, 0.25) is 0 Å². The summed E-state index contributed by atoms with van der Waals surface area (Å²) in [6.45, 7) is 6.07. The molecule has 0 aromatic carbocycles. The molecule has 1 unspecified atom stereocenters. The summed E-state index contributed by atoms with van der Waals surface area (Å²) in [5, 5.41) is 13.2. The van der Waals surface area contributed by atoms with Gasteiger partial charge in [0.25, 0.3) is 0 Å². The SMILES string of the molecule is CC[C@@H]1O[C@@H](O)C(N=[N+]=[N-])[C@@H](C)[C@@H]1C. The van der Waals surface area contributed by atoms with Gasteiger partial charge in [-0.15, -0.1) is 0 Å². The number of hydrogen-bond acceptors (Lipinski definition) is 3. The molecule has 0 amide bonds. The zero-order valence-electron chi connectivity index (χ0n) is 8.79. The lowest BCUT2D eigenvalue weighted by Gasteiger charge is -2.40. The summed E-state index contributed by atoms with van der Waals surface area (Å²) >= 11 is 0. The molecule has 0 aromatic rings. The van der Waals surface area contributed by atoms with E-state index in [1.165, 1.54) is 0 Å². The number of nitrogens with zero attached hydrogens (tertiary/aromatic N) is 3.